The molecule has 0 saturated carbocycles. The number of ether oxygens (including phenoxy) is 2. The molecule has 2 aromatic carbocycles. The molecular formula is C31H40N10O4. The lowest BCUT2D eigenvalue weighted by Crippen LogP contribution is -2.49. The SMILES string of the molecule is CCN1CCN(C(=O)Nc2ccc(NC(=O)Nc3ccc(-c4nc(N5CCOCC5)nc(N5CCOCC5)n4)cc3)cc2)CC1. The number of hydrogen-bond acceptors (Lipinski definition) is 10. The third-order valence-electron chi connectivity index (χ3n) is 8.10. The van der Waals surface area contributed by atoms with Gasteiger partial charge in [-0.1, -0.05) is 6.92 Å². The molecule has 238 valence electrons. The van der Waals surface area contributed by atoms with Crippen molar-refractivity contribution in [1.29, 1.82) is 0 Å². The van der Waals surface area contributed by atoms with E-state index in [1.165, 1.54) is 0 Å². The van der Waals surface area contributed by atoms with Gasteiger partial charge in [0.25, 0.3) is 0 Å². The number of nitrogens with one attached hydrogen (secondary N) is 3. The van der Waals surface area contributed by atoms with Crippen LogP contribution in [-0.4, -0.2) is 122 Å². The monoisotopic (exact) mass is 616 g/mol. The van der Waals surface area contributed by atoms with Gasteiger partial charge in [-0.2, -0.15) is 15.0 Å². The molecule has 0 bridgehead atoms. The predicted molar refractivity (Wildman–Crippen MR) is 173 cm³/mol. The zero-order valence-corrected chi connectivity index (χ0v) is 25.6. The Balaban J connectivity index is 1.06. The highest BCUT2D eigenvalue weighted by Crippen LogP contribution is 2.24. The van der Waals surface area contributed by atoms with Crippen LogP contribution in [0.5, 0.6) is 0 Å². The minimum atomic E-state index is -0.377. The van der Waals surface area contributed by atoms with E-state index in [1.54, 1.807) is 24.3 Å². The average molecular weight is 617 g/mol. The molecule has 3 saturated heterocycles. The first-order valence-corrected chi connectivity index (χ1v) is 15.5. The van der Waals surface area contributed by atoms with Crippen molar-refractivity contribution in [3.8, 4) is 11.4 Å². The second-order valence-electron chi connectivity index (χ2n) is 11.0. The summed E-state index contributed by atoms with van der Waals surface area (Å²) >= 11 is 0. The quantitative estimate of drug-likeness (QED) is 0.363. The number of nitrogens with zero attached hydrogens (tertiary/aromatic N) is 7. The van der Waals surface area contributed by atoms with Crippen molar-refractivity contribution in [3.05, 3.63) is 48.5 Å². The molecule has 0 spiro atoms. The Morgan fingerprint density at radius 3 is 1.60 bits per heavy atom. The lowest BCUT2D eigenvalue weighted by atomic mass is 10.2. The number of likely N-dealkylation sites (N-methyl/N-ethyl adjacent to an activating group) is 1. The molecule has 14 heteroatoms. The summed E-state index contributed by atoms with van der Waals surface area (Å²) in [6, 6.07) is 14.0. The Morgan fingerprint density at radius 2 is 1.11 bits per heavy atom. The summed E-state index contributed by atoms with van der Waals surface area (Å²) in [6.07, 6.45) is 0. The van der Waals surface area contributed by atoms with Crippen molar-refractivity contribution in [1.82, 2.24) is 24.8 Å². The molecule has 4 amide bonds. The number of aromatic nitrogens is 3. The summed E-state index contributed by atoms with van der Waals surface area (Å²) in [5.74, 6) is 1.83. The van der Waals surface area contributed by atoms with E-state index in [0.717, 1.165) is 51.4 Å². The third kappa shape index (κ3) is 7.95. The van der Waals surface area contributed by atoms with Crippen molar-refractivity contribution >= 4 is 41.0 Å². The van der Waals surface area contributed by atoms with Crippen LogP contribution in [0.3, 0.4) is 0 Å². The van der Waals surface area contributed by atoms with E-state index >= 15 is 0 Å². The maximum atomic E-state index is 12.7. The van der Waals surface area contributed by atoms with E-state index in [1.807, 2.05) is 29.2 Å². The summed E-state index contributed by atoms with van der Waals surface area (Å²) in [5, 5.41) is 8.64. The van der Waals surface area contributed by atoms with Crippen LogP contribution in [-0.2, 0) is 9.47 Å². The van der Waals surface area contributed by atoms with Gasteiger partial charge < -0.3 is 45.0 Å². The molecule has 4 heterocycles. The molecule has 3 N–H and O–H groups in total. The summed E-state index contributed by atoms with van der Waals surface area (Å²) < 4.78 is 11.0. The van der Waals surface area contributed by atoms with Gasteiger partial charge in [-0.25, -0.2) is 9.59 Å². The Kier molecular flexibility index (Phi) is 9.83. The first-order valence-electron chi connectivity index (χ1n) is 15.5. The van der Waals surface area contributed by atoms with Crippen molar-refractivity contribution in [3.63, 3.8) is 0 Å². The first-order chi connectivity index (χ1) is 22.0. The van der Waals surface area contributed by atoms with Gasteiger partial charge >= 0.3 is 12.1 Å². The van der Waals surface area contributed by atoms with Gasteiger partial charge in [0.15, 0.2) is 5.82 Å². The largest absolute Gasteiger partial charge is 0.378 e. The number of carbonyl (C=O) groups is 2. The number of amides is 4. The smallest absolute Gasteiger partial charge is 0.323 e. The number of urea groups is 2. The number of morpholine rings is 2. The normalized spacial score (nSPS) is 17.6. The highest BCUT2D eigenvalue weighted by Gasteiger charge is 2.22. The van der Waals surface area contributed by atoms with Crippen LogP contribution in [0.4, 0.5) is 38.5 Å². The summed E-state index contributed by atoms with van der Waals surface area (Å²) in [4.78, 5) is 48.1. The zero-order valence-electron chi connectivity index (χ0n) is 25.6. The molecule has 45 heavy (non-hydrogen) atoms. The minimum absolute atomic E-state index is 0.112. The molecule has 0 radical (unpaired) electrons. The van der Waals surface area contributed by atoms with Crippen LogP contribution in [0.25, 0.3) is 11.4 Å². The minimum Gasteiger partial charge on any atom is -0.378 e. The van der Waals surface area contributed by atoms with Crippen LogP contribution in [0.15, 0.2) is 48.5 Å². The van der Waals surface area contributed by atoms with Crippen molar-refractivity contribution in [2.75, 3.05) is 111 Å². The van der Waals surface area contributed by atoms with E-state index in [9.17, 15) is 9.59 Å². The van der Waals surface area contributed by atoms with E-state index in [4.69, 9.17) is 24.4 Å². The Morgan fingerprint density at radius 1 is 0.644 bits per heavy atom. The fraction of sp³-hybridized carbons (Fsp3) is 0.452. The predicted octanol–water partition coefficient (Wildman–Crippen LogP) is 3.03. The van der Waals surface area contributed by atoms with Crippen molar-refractivity contribution in [2.24, 2.45) is 0 Å². The first kappa shape index (κ1) is 30.5. The third-order valence-corrected chi connectivity index (χ3v) is 8.10. The summed E-state index contributed by atoms with van der Waals surface area (Å²) in [7, 11) is 0. The second-order valence-corrected chi connectivity index (χ2v) is 11.0. The maximum Gasteiger partial charge on any atom is 0.323 e. The molecule has 0 unspecified atom stereocenters. The lowest BCUT2D eigenvalue weighted by molar-refractivity contribution is 0.121. The fourth-order valence-corrected chi connectivity index (χ4v) is 5.40. The van der Waals surface area contributed by atoms with Gasteiger partial charge in [0.2, 0.25) is 11.9 Å². The molecular weight excluding hydrogens is 576 g/mol. The van der Waals surface area contributed by atoms with E-state index in [0.29, 0.717) is 74.3 Å². The topological polar surface area (TPSA) is 140 Å². The highest BCUT2D eigenvalue weighted by atomic mass is 16.5. The maximum absolute atomic E-state index is 12.7. The van der Waals surface area contributed by atoms with Crippen molar-refractivity contribution < 1.29 is 19.1 Å². The molecule has 14 nitrogen and oxygen atoms in total. The van der Waals surface area contributed by atoms with Gasteiger partial charge in [-0.15, -0.1) is 0 Å². The second kappa shape index (κ2) is 14.5. The number of hydrogen-bond donors (Lipinski definition) is 3. The van der Waals surface area contributed by atoms with Gasteiger partial charge in [-0.05, 0) is 55.1 Å². The average Bonchev–Trinajstić information content (AvgIpc) is 3.10. The molecule has 1 aromatic heterocycles. The van der Waals surface area contributed by atoms with Crippen molar-refractivity contribution in [2.45, 2.75) is 6.92 Å². The molecule has 0 aliphatic carbocycles. The molecule has 3 fully saturated rings. The van der Waals surface area contributed by atoms with E-state index < -0.39 is 0 Å². The Hall–Kier alpha value is -4.53. The van der Waals surface area contributed by atoms with Crippen LogP contribution >= 0.6 is 0 Å². The highest BCUT2D eigenvalue weighted by molar-refractivity contribution is 6.00. The Bertz CT molecular complexity index is 1400. The number of carbonyl (C=O) groups excluding carboxylic acids is 2. The molecule has 3 aliphatic rings. The van der Waals surface area contributed by atoms with E-state index in [2.05, 4.69) is 37.6 Å². The number of benzene rings is 2. The summed E-state index contributed by atoms with van der Waals surface area (Å²) in [5.41, 5.74) is 2.72. The van der Waals surface area contributed by atoms with Crippen LogP contribution in [0, 0.1) is 0 Å². The number of rotatable bonds is 7. The van der Waals surface area contributed by atoms with Gasteiger partial charge in [0, 0.05) is 75.0 Å². The van der Waals surface area contributed by atoms with Gasteiger partial charge in [-0.3, -0.25) is 0 Å². The number of anilines is 5. The van der Waals surface area contributed by atoms with Gasteiger partial charge in [0.05, 0.1) is 26.4 Å². The molecule has 3 aliphatic heterocycles. The molecule has 0 atom stereocenters. The molecule has 6 rings (SSSR count). The molecule has 3 aromatic rings. The zero-order chi connectivity index (χ0) is 31.0. The van der Waals surface area contributed by atoms with Crippen LogP contribution in [0.2, 0.25) is 0 Å². The Labute approximate surface area is 262 Å². The van der Waals surface area contributed by atoms with Crippen LogP contribution in [0.1, 0.15) is 6.92 Å². The summed E-state index contributed by atoms with van der Waals surface area (Å²) in [6.45, 7) is 11.7. The van der Waals surface area contributed by atoms with Crippen LogP contribution < -0.4 is 25.8 Å². The number of piperazine rings is 1. The van der Waals surface area contributed by atoms with Gasteiger partial charge in [0.1, 0.15) is 0 Å². The fourth-order valence-electron chi connectivity index (χ4n) is 5.40. The lowest BCUT2D eigenvalue weighted by Gasteiger charge is -2.33. The van der Waals surface area contributed by atoms with E-state index in [-0.39, 0.29) is 12.1 Å². The standard InChI is InChI=1S/C31H40N10O4/c1-2-38-11-13-41(14-12-38)31(43)34-26-9-7-25(8-10-26)33-30(42)32-24-5-3-23(4-6-24)27-35-28(39-15-19-44-20-16-39)37-29(36-27)40-17-21-45-22-18-40/h3-10H,2,11-22H2,1H3,(H,34,43)(H2,32,33,42).